The molecular weight excluding hydrogens is 913 g/mol. The van der Waals surface area contributed by atoms with Crippen LogP contribution in [0.15, 0.2) is 11.6 Å². The third-order valence-corrected chi connectivity index (χ3v) is 19.6. The van der Waals surface area contributed by atoms with Gasteiger partial charge in [-0.15, -0.1) is 0 Å². The molecule has 0 aromatic carbocycles. The minimum atomic E-state index is -1.88. The number of carbonyl (C=O) groups excluding carboxylic acids is 1. The number of aliphatic hydroxyl groups excluding tert-OH is 14. The summed E-state index contributed by atoms with van der Waals surface area (Å²) in [6.07, 6.45) is -22.9. The first-order valence-electron chi connectivity index (χ1n) is 24.7. The van der Waals surface area contributed by atoms with Crippen molar-refractivity contribution in [1.82, 2.24) is 0 Å². The molecule has 26 atom stereocenters. The van der Waals surface area contributed by atoms with Gasteiger partial charge in [0.15, 0.2) is 12.6 Å². The molecule has 21 heteroatoms. The fourth-order valence-corrected chi connectivity index (χ4v) is 15.2. The van der Waals surface area contributed by atoms with E-state index in [4.69, 9.17) is 28.4 Å². The second kappa shape index (κ2) is 19.0. The maximum Gasteiger partial charge on any atom is 0.315 e. The molecule has 0 aromatic heterocycles. The molecular formula is C48H78O21. The minimum Gasteiger partial charge on any atom is -0.432 e. The van der Waals surface area contributed by atoms with E-state index in [9.17, 15) is 76.3 Å². The summed E-state index contributed by atoms with van der Waals surface area (Å²) in [6.45, 7) is 9.57. The van der Waals surface area contributed by atoms with Crippen molar-refractivity contribution in [1.29, 1.82) is 0 Å². The van der Waals surface area contributed by atoms with E-state index in [-0.39, 0.29) is 18.3 Å². The average molecular weight is 991 g/mol. The highest BCUT2D eigenvalue weighted by atomic mass is 16.7. The number of hydrogen-bond donors (Lipinski definition) is 14. The van der Waals surface area contributed by atoms with Crippen LogP contribution >= 0.6 is 0 Å². The molecule has 3 heterocycles. The first-order valence-corrected chi connectivity index (χ1v) is 24.7. The highest BCUT2D eigenvalue weighted by molar-refractivity contribution is 5.79. The van der Waals surface area contributed by atoms with Gasteiger partial charge in [-0.25, -0.2) is 0 Å². The van der Waals surface area contributed by atoms with Gasteiger partial charge in [-0.1, -0.05) is 53.2 Å². The van der Waals surface area contributed by atoms with Crippen molar-refractivity contribution in [2.75, 3.05) is 26.4 Å². The first-order chi connectivity index (χ1) is 32.3. The topological polar surface area (TPSA) is 356 Å². The monoisotopic (exact) mass is 991 g/mol. The van der Waals surface area contributed by atoms with Crippen molar-refractivity contribution in [2.45, 2.75) is 203 Å². The predicted octanol–water partition coefficient (Wildman–Crippen LogP) is -2.95. The third kappa shape index (κ3) is 8.11. The normalized spacial score (nSPS) is 55.1. The van der Waals surface area contributed by atoms with Gasteiger partial charge in [-0.2, -0.15) is 0 Å². The minimum absolute atomic E-state index is 0.108. The van der Waals surface area contributed by atoms with Gasteiger partial charge in [-0.05, 0) is 84.9 Å². The fraction of sp³-hybridized carbons (Fsp3) is 0.938. The zero-order chi connectivity index (χ0) is 50.7. The Morgan fingerprint density at radius 3 is 1.74 bits per heavy atom. The molecule has 3 saturated heterocycles. The summed E-state index contributed by atoms with van der Waals surface area (Å²) >= 11 is 0. The summed E-state index contributed by atoms with van der Waals surface area (Å²) in [4.78, 5) is 14.7. The second-order valence-electron chi connectivity index (χ2n) is 23.5. The van der Waals surface area contributed by atoms with Gasteiger partial charge < -0.3 is 99.9 Å². The van der Waals surface area contributed by atoms with Crippen LogP contribution < -0.4 is 0 Å². The molecule has 0 bridgehead atoms. The van der Waals surface area contributed by atoms with Crippen LogP contribution in [0.4, 0.5) is 0 Å². The van der Waals surface area contributed by atoms with Crippen molar-refractivity contribution in [3.8, 4) is 0 Å². The fourth-order valence-electron chi connectivity index (χ4n) is 15.2. The molecule has 0 aromatic rings. The average Bonchev–Trinajstić information content (AvgIpc) is 3.31. The summed E-state index contributed by atoms with van der Waals surface area (Å²) in [5.74, 6) is -1.83. The maximum atomic E-state index is 14.7. The molecule has 21 nitrogen and oxygen atoms in total. The van der Waals surface area contributed by atoms with Crippen molar-refractivity contribution in [3.05, 3.63) is 11.6 Å². The van der Waals surface area contributed by atoms with E-state index in [1.165, 1.54) is 0 Å². The number of aliphatic hydroxyl groups is 14. The molecule has 4 saturated carbocycles. The Labute approximate surface area is 401 Å². The number of fused-ring (bicyclic) bond motifs is 7. The highest BCUT2D eigenvalue weighted by Gasteiger charge is 2.72. The number of allylic oxidation sites excluding steroid dienone is 1. The number of carbonyl (C=O) groups is 1. The van der Waals surface area contributed by atoms with Gasteiger partial charge in [-0.3, -0.25) is 4.79 Å². The maximum absolute atomic E-state index is 14.7. The van der Waals surface area contributed by atoms with Crippen LogP contribution in [0.2, 0.25) is 0 Å². The van der Waals surface area contributed by atoms with E-state index in [1.807, 2.05) is 20.8 Å². The number of rotatable bonds is 10. The molecule has 0 radical (unpaired) electrons. The molecule has 7 fully saturated rings. The SMILES string of the molecule is CC1(C)CCC2(C(=O)OC3OC(CO)C(O)C(O)C3O)CCC3(C)C(=CCC4C5(C)CC(O)C(OC6OC(CO)C(O)C(OC7OC(CO)C(O)C(O)C7O)C6O)C(C)(CO)C5CCC43C)C2C1O. The highest BCUT2D eigenvalue weighted by Crippen LogP contribution is 2.76. The molecule has 26 unspecified atom stereocenters. The molecule has 0 amide bonds. The molecule has 8 aliphatic rings. The van der Waals surface area contributed by atoms with Crippen LogP contribution in [0.3, 0.4) is 0 Å². The summed E-state index contributed by atoms with van der Waals surface area (Å²) in [5, 5.41) is 152. The van der Waals surface area contributed by atoms with E-state index >= 15 is 0 Å². The molecule has 3 aliphatic heterocycles. The Morgan fingerprint density at radius 1 is 0.623 bits per heavy atom. The molecule has 0 spiro atoms. The van der Waals surface area contributed by atoms with Crippen LogP contribution in [0.5, 0.6) is 0 Å². The quantitative estimate of drug-likeness (QED) is 0.0591. The first kappa shape index (κ1) is 53.7. The number of hydrogen-bond acceptors (Lipinski definition) is 21. The summed E-state index contributed by atoms with van der Waals surface area (Å²) in [6, 6.07) is 0. The van der Waals surface area contributed by atoms with E-state index in [0.29, 0.717) is 44.9 Å². The summed E-state index contributed by atoms with van der Waals surface area (Å²) < 4.78 is 35.1. The Kier molecular flexibility index (Phi) is 14.8. The lowest BCUT2D eigenvalue weighted by Crippen LogP contribution is -2.70. The van der Waals surface area contributed by atoms with E-state index in [0.717, 1.165) is 5.57 Å². The molecule has 14 N–H and O–H groups in total. The Bertz CT molecular complexity index is 1890. The van der Waals surface area contributed by atoms with Gasteiger partial charge in [0.2, 0.25) is 6.29 Å². The summed E-state index contributed by atoms with van der Waals surface area (Å²) in [7, 11) is 0. The standard InChI is InChI=1S/C48H78O21/c1-43(2)11-13-48(42(63)69-40-34(60)32(58)29(55)23(17-50)65-40)14-12-46(5)20(27(48)37(43)62)7-8-26-44(3)15-21(53)38(45(4,19-52)25(44)9-10-47(26,46)6)68-41-35(61)36(30(56)24(18-51)66-41)67-39-33(59)31(57)28(54)22(16-49)64-39/h7,21-41,49-62H,8-19H2,1-6H3. The lowest BCUT2D eigenvalue weighted by molar-refractivity contribution is -0.375. The third-order valence-electron chi connectivity index (χ3n) is 19.6. The molecule has 8 rings (SSSR count). The number of ether oxygens (including phenoxy) is 6. The zero-order valence-electron chi connectivity index (χ0n) is 40.3. The van der Waals surface area contributed by atoms with Gasteiger partial charge in [0, 0.05) is 11.3 Å². The smallest absolute Gasteiger partial charge is 0.315 e. The lowest BCUT2D eigenvalue weighted by atomic mass is 9.33. The predicted molar refractivity (Wildman–Crippen MR) is 234 cm³/mol. The Morgan fingerprint density at radius 2 is 1.16 bits per heavy atom. The van der Waals surface area contributed by atoms with Crippen molar-refractivity contribution in [2.24, 2.45) is 50.2 Å². The van der Waals surface area contributed by atoms with Crippen molar-refractivity contribution >= 4 is 5.97 Å². The van der Waals surface area contributed by atoms with Gasteiger partial charge in [0.1, 0.15) is 73.2 Å². The van der Waals surface area contributed by atoms with Crippen LogP contribution in [0, 0.1) is 50.2 Å². The van der Waals surface area contributed by atoms with E-state index < -0.39 is 181 Å². The Hall–Kier alpha value is -1.55. The molecule has 5 aliphatic carbocycles. The van der Waals surface area contributed by atoms with Crippen LogP contribution in [-0.4, -0.2) is 214 Å². The molecule has 396 valence electrons. The van der Waals surface area contributed by atoms with Crippen LogP contribution in [0.1, 0.15) is 92.9 Å². The summed E-state index contributed by atoms with van der Waals surface area (Å²) in [5.41, 5.74) is -3.85. The van der Waals surface area contributed by atoms with Crippen LogP contribution in [-0.2, 0) is 33.2 Å². The van der Waals surface area contributed by atoms with Crippen molar-refractivity contribution < 1.29 is 105 Å². The lowest BCUT2D eigenvalue weighted by Gasteiger charge is -2.72. The van der Waals surface area contributed by atoms with E-state index in [1.54, 1.807) is 0 Å². The largest absolute Gasteiger partial charge is 0.432 e. The van der Waals surface area contributed by atoms with Gasteiger partial charge >= 0.3 is 5.97 Å². The van der Waals surface area contributed by atoms with E-state index in [2.05, 4.69) is 26.8 Å². The van der Waals surface area contributed by atoms with Gasteiger partial charge in [0.25, 0.3) is 0 Å². The zero-order valence-corrected chi connectivity index (χ0v) is 40.3. The van der Waals surface area contributed by atoms with Gasteiger partial charge in [0.05, 0.1) is 50.2 Å². The molecule has 69 heavy (non-hydrogen) atoms. The Balaban J connectivity index is 1.07. The van der Waals surface area contributed by atoms with Crippen molar-refractivity contribution in [3.63, 3.8) is 0 Å². The number of esters is 1. The van der Waals surface area contributed by atoms with Crippen LogP contribution in [0.25, 0.3) is 0 Å². The second-order valence-corrected chi connectivity index (χ2v) is 23.5.